The molecule has 5 nitrogen and oxygen atoms in total. The Hall–Kier alpha value is -3.63. The van der Waals surface area contributed by atoms with Crippen molar-refractivity contribution in [3.63, 3.8) is 0 Å². The molecule has 1 amide bonds. The highest BCUT2D eigenvalue weighted by atomic mass is 32.1. The molecule has 0 saturated heterocycles. The highest BCUT2D eigenvalue weighted by Gasteiger charge is 2.30. The third-order valence-electron chi connectivity index (χ3n) is 5.33. The summed E-state index contributed by atoms with van der Waals surface area (Å²) in [6, 6.07) is 14.7. The molecule has 0 aliphatic carbocycles. The second kappa shape index (κ2) is 11.4. The zero-order chi connectivity index (χ0) is 25.5. The fourth-order valence-electron chi connectivity index (χ4n) is 3.57. The monoisotopic (exact) mass is 514 g/mol. The van der Waals surface area contributed by atoms with Crippen LogP contribution in [0.1, 0.15) is 37.7 Å². The lowest BCUT2D eigenvalue weighted by atomic mass is 10.1. The van der Waals surface area contributed by atoms with Crippen molar-refractivity contribution in [3.05, 3.63) is 117 Å². The molecule has 0 unspecified atom stereocenters. The highest BCUT2D eigenvalue weighted by molar-refractivity contribution is 7.09. The fourth-order valence-corrected chi connectivity index (χ4v) is 4.39. The van der Waals surface area contributed by atoms with Gasteiger partial charge in [0.05, 0.1) is 12.1 Å². The summed E-state index contributed by atoms with van der Waals surface area (Å²) in [6.07, 6.45) is -1.16. The number of hydrogen-bond acceptors (Lipinski definition) is 5. The van der Waals surface area contributed by atoms with Crippen molar-refractivity contribution in [2.45, 2.75) is 32.4 Å². The lowest BCUT2D eigenvalue weighted by Crippen LogP contribution is -2.24. The van der Waals surface area contributed by atoms with Gasteiger partial charge in [0, 0.05) is 37.4 Å². The number of halogens is 4. The quantitative estimate of drug-likeness (QED) is 0.286. The van der Waals surface area contributed by atoms with Crippen LogP contribution in [-0.4, -0.2) is 20.8 Å². The number of carbonyl (C=O) groups excluding carboxylic acids is 1. The first-order valence-electron chi connectivity index (χ1n) is 11.0. The van der Waals surface area contributed by atoms with Crippen molar-refractivity contribution in [1.29, 1.82) is 0 Å². The number of thiazole rings is 1. The Bertz CT molecular complexity index is 1290. The van der Waals surface area contributed by atoms with Crippen molar-refractivity contribution < 1.29 is 22.4 Å². The number of pyridine rings is 1. The SMILES string of the molecule is O=C(NCc1ccncc1)c1csc(CN(Cc2ccc(F)cc2)Cc2cccc(C(F)(F)F)c2)n1. The van der Waals surface area contributed by atoms with Crippen LogP contribution in [0, 0.1) is 5.82 Å². The molecule has 4 aromatic rings. The molecule has 0 saturated carbocycles. The summed E-state index contributed by atoms with van der Waals surface area (Å²) in [5.74, 6) is -0.692. The molecule has 0 spiro atoms. The maximum absolute atomic E-state index is 13.4. The highest BCUT2D eigenvalue weighted by Crippen LogP contribution is 2.30. The molecule has 2 heterocycles. The number of nitrogens with zero attached hydrogens (tertiary/aromatic N) is 3. The lowest BCUT2D eigenvalue weighted by Gasteiger charge is -2.22. The minimum Gasteiger partial charge on any atom is -0.347 e. The normalized spacial score (nSPS) is 11.6. The maximum Gasteiger partial charge on any atom is 0.416 e. The maximum atomic E-state index is 13.4. The van der Waals surface area contributed by atoms with E-state index in [-0.39, 0.29) is 24.0 Å². The smallest absolute Gasteiger partial charge is 0.347 e. The molecule has 186 valence electrons. The van der Waals surface area contributed by atoms with Crippen LogP contribution >= 0.6 is 11.3 Å². The van der Waals surface area contributed by atoms with Gasteiger partial charge in [-0.1, -0.05) is 30.3 Å². The number of benzene rings is 2. The van der Waals surface area contributed by atoms with E-state index in [4.69, 9.17) is 0 Å². The number of aromatic nitrogens is 2. The van der Waals surface area contributed by atoms with Gasteiger partial charge >= 0.3 is 6.18 Å². The van der Waals surface area contributed by atoms with Gasteiger partial charge in [0.2, 0.25) is 0 Å². The molecule has 10 heteroatoms. The minimum atomic E-state index is -4.44. The average Bonchev–Trinajstić information content (AvgIpc) is 3.33. The Balaban J connectivity index is 1.47. The van der Waals surface area contributed by atoms with Gasteiger partial charge in [-0.15, -0.1) is 11.3 Å². The molecule has 2 aromatic carbocycles. The number of hydrogen-bond donors (Lipinski definition) is 1. The predicted octanol–water partition coefficient (Wildman–Crippen LogP) is 5.83. The van der Waals surface area contributed by atoms with E-state index >= 15 is 0 Å². The lowest BCUT2D eigenvalue weighted by molar-refractivity contribution is -0.137. The van der Waals surface area contributed by atoms with Crippen molar-refractivity contribution >= 4 is 17.2 Å². The summed E-state index contributed by atoms with van der Waals surface area (Å²) in [7, 11) is 0. The molecule has 2 aromatic heterocycles. The molecular weight excluding hydrogens is 492 g/mol. The zero-order valence-electron chi connectivity index (χ0n) is 19.0. The molecule has 36 heavy (non-hydrogen) atoms. The van der Waals surface area contributed by atoms with Crippen molar-refractivity contribution in [1.82, 2.24) is 20.2 Å². The summed E-state index contributed by atoms with van der Waals surface area (Å²) in [4.78, 5) is 22.8. The summed E-state index contributed by atoms with van der Waals surface area (Å²) in [5, 5.41) is 5.10. The summed E-state index contributed by atoms with van der Waals surface area (Å²) in [6.45, 7) is 1.21. The molecule has 0 aliphatic rings. The Morgan fingerprint density at radius 3 is 2.36 bits per heavy atom. The summed E-state index contributed by atoms with van der Waals surface area (Å²) in [5.41, 5.74) is 1.74. The van der Waals surface area contributed by atoms with Gasteiger partial charge in [-0.2, -0.15) is 13.2 Å². The van der Waals surface area contributed by atoms with Crippen LogP contribution in [0.4, 0.5) is 17.6 Å². The van der Waals surface area contributed by atoms with Gasteiger partial charge in [0.1, 0.15) is 16.5 Å². The van der Waals surface area contributed by atoms with Crippen LogP contribution < -0.4 is 5.32 Å². The Kier molecular flexibility index (Phi) is 8.07. The number of alkyl halides is 3. The third kappa shape index (κ3) is 7.19. The second-order valence-corrected chi connectivity index (χ2v) is 9.08. The van der Waals surface area contributed by atoms with E-state index in [2.05, 4.69) is 15.3 Å². The topological polar surface area (TPSA) is 58.1 Å². The first-order chi connectivity index (χ1) is 17.3. The Labute approximate surface area is 209 Å². The Morgan fingerprint density at radius 2 is 1.64 bits per heavy atom. The van der Waals surface area contributed by atoms with E-state index in [1.165, 1.54) is 29.5 Å². The first kappa shape index (κ1) is 25.5. The largest absolute Gasteiger partial charge is 0.416 e. The average molecular weight is 515 g/mol. The van der Waals surface area contributed by atoms with E-state index < -0.39 is 11.7 Å². The second-order valence-electron chi connectivity index (χ2n) is 8.13. The van der Waals surface area contributed by atoms with Gasteiger partial charge < -0.3 is 5.32 Å². The van der Waals surface area contributed by atoms with Crippen LogP contribution in [0.15, 0.2) is 78.4 Å². The minimum absolute atomic E-state index is 0.213. The Morgan fingerprint density at radius 1 is 0.917 bits per heavy atom. The molecule has 0 atom stereocenters. The van der Waals surface area contributed by atoms with Crippen LogP contribution in [0.2, 0.25) is 0 Å². The van der Waals surface area contributed by atoms with Gasteiger partial charge in [-0.25, -0.2) is 9.37 Å². The van der Waals surface area contributed by atoms with E-state index in [0.29, 0.717) is 30.2 Å². The number of nitrogens with one attached hydrogen (secondary N) is 1. The van der Waals surface area contributed by atoms with Gasteiger partial charge in [0.15, 0.2) is 0 Å². The van der Waals surface area contributed by atoms with Gasteiger partial charge in [-0.3, -0.25) is 14.7 Å². The number of rotatable bonds is 9. The molecule has 0 fully saturated rings. The third-order valence-corrected chi connectivity index (χ3v) is 6.16. The van der Waals surface area contributed by atoms with Crippen LogP contribution in [0.25, 0.3) is 0 Å². The summed E-state index contributed by atoms with van der Waals surface area (Å²) >= 11 is 1.30. The van der Waals surface area contributed by atoms with Gasteiger partial charge in [0.25, 0.3) is 5.91 Å². The van der Waals surface area contributed by atoms with Gasteiger partial charge in [-0.05, 0) is 47.0 Å². The molecule has 0 radical (unpaired) electrons. The molecule has 0 bridgehead atoms. The van der Waals surface area contributed by atoms with E-state index in [1.807, 2.05) is 4.90 Å². The van der Waals surface area contributed by atoms with Crippen LogP contribution in [0.5, 0.6) is 0 Å². The van der Waals surface area contributed by atoms with E-state index in [9.17, 15) is 22.4 Å². The van der Waals surface area contributed by atoms with Crippen LogP contribution in [0.3, 0.4) is 0 Å². The van der Waals surface area contributed by atoms with Crippen molar-refractivity contribution in [2.75, 3.05) is 0 Å². The van der Waals surface area contributed by atoms with Crippen LogP contribution in [-0.2, 0) is 32.4 Å². The van der Waals surface area contributed by atoms with Crippen molar-refractivity contribution in [2.24, 2.45) is 0 Å². The first-order valence-corrected chi connectivity index (χ1v) is 11.9. The number of amides is 1. The van der Waals surface area contributed by atoms with Crippen molar-refractivity contribution in [3.8, 4) is 0 Å². The van der Waals surface area contributed by atoms with E-state index in [1.54, 1.807) is 48.1 Å². The molecule has 0 aliphatic heterocycles. The molecular formula is C26H22F4N4OS. The standard InChI is InChI=1S/C26H22F4N4OS/c27-22-6-4-19(5-7-22)14-34(15-20-2-1-3-21(12-20)26(28,29)30)16-24-33-23(17-36-24)25(35)32-13-18-8-10-31-11-9-18/h1-12,17H,13-16H2,(H,32,35). The molecule has 4 rings (SSSR count). The number of carbonyl (C=O) groups is 1. The fraction of sp³-hybridized carbons (Fsp3) is 0.192. The predicted molar refractivity (Wildman–Crippen MR) is 128 cm³/mol. The zero-order valence-corrected chi connectivity index (χ0v) is 19.8. The molecule has 1 N–H and O–H groups in total. The van der Waals surface area contributed by atoms with E-state index in [0.717, 1.165) is 23.3 Å². The summed E-state index contributed by atoms with van der Waals surface area (Å²) < 4.78 is 52.9.